The minimum atomic E-state index is -0.318. The average molecular weight is 212 g/mol. The molecule has 0 aromatic carbocycles. The lowest BCUT2D eigenvalue weighted by atomic mass is 9.85. The van der Waals surface area contributed by atoms with Gasteiger partial charge in [-0.2, -0.15) is 0 Å². The van der Waals surface area contributed by atoms with Crippen molar-refractivity contribution in [2.24, 2.45) is 5.41 Å². The van der Waals surface area contributed by atoms with Crippen LogP contribution in [0.1, 0.15) is 13.8 Å². The molecule has 0 aliphatic carbocycles. The summed E-state index contributed by atoms with van der Waals surface area (Å²) in [6, 6.07) is 0.135. The van der Waals surface area contributed by atoms with Crippen LogP contribution in [0.4, 0.5) is 0 Å². The number of hydrogen-bond donors (Lipinski definition) is 1. The minimum Gasteiger partial charge on any atom is -0.379 e. The summed E-state index contributed by atoms with van der Waals surface area (Å²) in [5, 5.41) is 2.79. The van der Waals surface area contributed by atoms with Gasteiger partial charge in [0, 0.05) is 20.0 Å². The number of likely N-dealkylation sites (tertiary alicyclic amines) is 1. The molecule has 2 fully saturated rings. The van der Waals surface area contributed by atoms with Gasteiger partial charge >= 0.3 is 0 Å². The number of nitrogens with one attached hydrogen (secondary N) is 1. The predicted octanol–water partition coefficient (Wildman–Crippen LogP) is -0.630. The highest BCUT2D eigenvalue weighted by molar-refractivity contribution is 5.84. The van der Waals surface area contributed by atoms with Crippen LogP contribution in [0.2, 0.25) is 0 Å². The minimum absolute atomic E-state index is 0.0368. The third-order valence-electron chi connectivity index (χ3n) is 2.93. The molecule has 0 atom stereocenters. The molecule has 0 radical (unpaired) electrons. The molecule has 2 amide bonds. The van der Waals surface area contributed by atoms with Crippen molar-refractivity contribution in [2.75, 3.05) is 26.3 Å². The maximum atomic E-state index is 11.9. The molecule has 5 nitrogen and oxygen atoms in total. The summed E-state index contributed by atoms with van der Waals surface area (Å²) in [4.78, 5) is 24.4. The van der Waals surface area contributed by atoms with E-state index in [1.807, 2.05) is 6.92 Å². The molecule has 2 heterocycles. The summed E-state index contributed by atoms with van der Waals surface area (Å²) in [7, 11) is 0. The zero-order valence-corrected chi connectivity index (χ0v) is 9.08. The second-order valence-electron chi connectivity index (χ2n) is 4.66. The van der Waals surface area contributed by atoms with Gasteiger partial charge in [0.05, 0.1) is 24.7 Å². The molecule has 15 heavy (non-hydrogen) atoms. The Hall–Kier alpha value is -1.10. The monoisotopic (exact) mass is 212 g/mol. The molecule has 0 bridgehead atoms. The van der Waals surface area contributed by atoms with Crippen LogP contribution in [0.15, 0.2) is 0 Å². The highest BCUT2D eigenvalue weighted by Gasteiger charge is 2.46. The molecule has 5 heteroatoms. The van der Waals surface area contributed by atoms with Crippen molar-refractivity contribution in [2.45, 2.75) is 19.9 Å². The Morgan fingerprint density at radius 3 is 2.40 bits per heavy atom. The van der Waals surface area contributed by atoms with Crippen LogP contribution < -0.4 is 5.32 Å². The number of amides is 2. The van der Waals surface area contributed by atoms with E-state index in [0.29, 0.717) is 26.3 Å². The van der Waals surface area contributed by atoms with E-state index in [2.05, 4.69) is 5.32 Å². The molecule has 2 aliphatic rings. The lowest BCUT2D eigenvalue weighted by Crippen LogP contribution is -2.65. The van der Waals surface area contributed by atoms with Crippen LogP contribution in [0, 0.1) is 5.41 Å². The van der Waals surface area contributed by atoms with E-state index >= 15 is 0 Å². The summed E-state index contributed by atoms with van der Waals surface area (Å²) in [5.74, 6) is 0.112. The predicted molar refractivity (Wildman–Crippen MR) is 53.1 cm³/mol. The van der Waals surface area contributed by atoms with Gasteiger partial charge in [-0.05, 0) is 6.92 Å². The Kier molecular flexibility index (Phi) is 2.42. The van der Waals surface area contributed by atoms with Crippen LogP contribution in [0.5, 0.6) is 0 Å². The SMILES string of the molecule is CC(=O)NC1CN(C(=O)C2(C)COC2)C1. The van der Waals surface area contributed by atoms with Crippen molar-refractivity contribution in [3.05, 3.63) is 0 Å². The van der Waals surface area contributed by atoms with Crippen molar-refractivity contribution in [1.82, 2.24) is 10.2 Å². The fourth-order valence-corrected chi connectivity index (χ4v) is 1.94. The smallest absolute Gasteiger partial charge is 0.233 e. The first-order chi connectivity index (χ1) is 7.01. The Bertz CT molecular complexity index is 293. The first kappa shape index (κ1) is 10.4. The molecule has 84 valence electrons. The molecule has 1 N–H and O–H groups in total. The van der Waals surface area contributed by atoms with Gasteiger partial charge in [-0.1, -0.05) is 0 Å². The maximum Gasteiger partial charge on any atom is 0.233 e. The van der Waals surface area contributed by atoms with Crippen LogP contribution >= 0.6 is 0 Å². The maximum absolute atomic E-state index is 11.9. The van der Waals surface area contributed by atoms with E-state index in [1.165, 1.54) is 6.92 Å². The van der Waals surface area contributed by atoms with Crippen molar-refractivity contribution >= 4 is 11.8 Å². The van der Waals surface area contributed by atoms with E-state index in [0.717, 1.165) is 0 Å². The average Bonchev–Trinajstić information content (AvgIpc) is 2.05. The normalized spacial score (nSPS) is 24.0. The third kappa shape index (κ3) is 1.84. The number of rotatable bonds is 2. The summed E-state index contributed by atoms with van der Waals surface area (Å²) in [6.45, 7) is 5.72. The molecule has 2 rings (SSSR count). The zero-order chi connectivity index (χ0) is 11.1. The Labute approximate surface area is 88.8 Å². The van der Waals surface area contributed by atoms with Gasteiger partial charge in [0.1, 0.15) is 0 Å². The van der Waals surface area contributed by atoms with Gasteiger partial charge in [0.15, 0.2) is 0 Å². The highest BCUT2D eigenvalue weighted by atomic mass is 16.5. The van der Waals surface area contributed by atoms with Crippen molar-refractivity contribution in [1.29, 1.82) is 0 Å². The number of ether oxygens (including phenoxy) is 1. The van der Waals surface area contributed by atoms with Crippen molar-refractivity contribution in [3.63, 3.8) is 0 Å². The third-order valence-corrected chi connectivity index (χ3v) is 2.93. The number of nitrogens with zero attached hydrogens (tertiary/aromatic N) is 1. The lowest BCUT2D eigenvalue weighted by Gasteiger charge is -2.46. The van der Waals surface area contributed by atoms with E-state index < -0.39 is 0 Å². The largest absolute Gasteiger partial charge is 0.379 e. The fraction of sp³-hybridized carbons (Fsp3) is 0.800. The summed E-state index contributed by atoms with van der Waals surface area (Å²) in [6.07, 6.45) is 0. The zero-order valence-electron chi connectivity index (χ0n) is 9.08. The van der Waals surface area contributed by atoms with Crippen LogP contribution in [0.25, 0.3) is 0 Å². The van der Waals surface area contributed by atoms with Gasteiger partial charge in [0.25, 0.3) is 0 Å². The van der Waals surface area contributed by atoms with E-state index in [-0.39, 0.29) is 23.3 Å². The molecule has 2 saturated heterocycles. The first-order valence-corrected chi connectivity index (χ1v) is 5.15. The second kappa shape index (κ2) is 3.48. The van der Waals surface area contributed by atoms with E-state index in [4.69, 9.17) is 4.74 Å². The quantitative estimate of drug-likeness (QED) is 0.663. The van der Waals surface area contributed by atoms with Gasteiger partial charge in [-0.15, -0.1) is 0 Å². The van der Waals surface area contributed by atoms with Gasteiger partial charge in [-0.25, -0.2) is 0 Å². The highest BCUT2D eigenvalue weighted by Crippen LogP contribution is 2.30. The molecule has 0 aromatic heterocycles. The molecular formula is C10H16N2O3. The van der Waals surface area contributed by atoms with Gasteiger partial charge in [0.2, 0.25) is 11.8 Å². The second-order valence-corrected chi connectivity index (χ2v) is 4.66. The van der Waals surface area contributed by atoms with Crippen molar-refractivity contribution in [3.8, 4) is 0 Å². The summed E-state index contributed by atoms with van der Waals surface area (Å²) < 4.78 is 5.05. The standard InChI is InChI=1S/C10H16N2O3/c1-7(13)11-8-3-12(4-8)9(14)10(2)5-15-6-10/h8H,3-6H2,1-2H3,(H,11,13). The summed E-state index contributed by atoms with van der Waals surface area (Å²) in [5.41, 5.74) is -0.318. The summed E-state index contributed by atoms with van der Waals surface area (Å²) >= 11 is 0. The van der Waals surface area contributed by atoms with Crippen LogP contribution in [0.3, 0.4) is 0 Å². The number of hydrogen-bond acceptors (Lipinski definition) is 3. The molecular weight excluding hydrogens is 196 g/mol. The first-order valence-electron chi connectivity index (χ1n) is 5.15. The Balaban J connectivity index is 1.79. The fourth-order valence-electron chi connectivity index (χ4n) is 1.94. The topological polar surface area (TPSA) is 58.6 Å². The Morgan fingerprint density at radius 1 is 1.40 bits per heavy atom. The number of carbonyl (C=O) groups excluding carboxylic acids is 2. The van der Waals surface area contributed by atoms with Crippen LogP contribution in [-0.2, 0) is 14.3 Å². The van der Waals surface area contributed by atoms with E-state index in [9.17, 15) is 9.59 Å². The molecule has 2 aliphatic heterocycles. The van der Waals surface area contributed by atoms with Crippen LogP contribution in [-0.4, -0.2) is 49.1 Å². The van der Waals surface area contributed by atoms with Crippen molar-refractivity contribution < 1.29 is 14.3 Å². The number of carbonyl (C=O) groups is 2. The van der Waals surface area contributed by atoms with Gasteiger partial charge < -0.3 is 15.0 Å². The van der Waals surface area contributed by atoms with E-state index in [1.54, 1.807) is 4.90 Å². The Morgan fingerprint density at radius 2 is 2.00 bits per heavy atom. The van der Waals surface area contributed by atoms with Gasteiger partial charge in [-0.3, -0.25) is 9.59 Å². The lowest BCUT2D eigenvalue weighted by molar-refractivity contribution is -0.173. The molecule has 0 aromatic rings. The molecule has 0 unspecified atom stereocenters. The molecule has 0 saturated carbocycles. The molecule has 0 spiro atoms.